The largest absolute Gasteiger partial charge is 0.346 e. The number of fused-ring (bicyclic) bond motifs is 1. The van der Waals surface area contributed by atoms with Gasteiger partial charge in [-0.05, 0) is 24.6 Å². The Kier molecular flexibility index (Phi) is 2.73. The SMILES string of the molecule is CCCCn1ccc2nc(Cl)ccc21. The van der Waals surface area contributed by atoms with Crippen molar-refractivity contribution < 1.29 is 0 Å². The highest BCUT2D eigenvalue weighted by Crippen LogP contribution is 2.17. The van der Waals surface area contributed by atoms with Gasteiger partial charge in [0.2, 0.25) is 0 Å². The molecule has 2 rings (SSSR count). The molecular weight excluding hydrogens is 196 g/mol. The van der Waals surface area contributed by atoms with Gasteiger partial charge in [-0.25, -0.2) is 4.98 Å². The van der Waals surface area contributed by atoms with E-state index < -0.39 is 0 Å². The van der Waals surface area contributed by atoms with Gasteiger partial charge in [-0.2, -0.15) is 0 Å². The maximum Gasteiger partial charge on any atom is 0.129 e. The monoisotopic (exact) mass is 208 g/mol. The van der Waals surface area contributed by atoms with E-state index in [2.05, 4.69) is 22.7 Å². The Labute approximate surface area is 88.5 Å². The van der Waals surface area contributed by atoms with Gasteiger partial charge in [-0.3, -0.25) is 0 Å². The molecule has 2 nitrogen and oxygen atoms in total. The first-order valence-electron chi connectivity index (χ1n) is 4.92. The predicted molar refractivity (Wildman–Crippen MR) is 59.7 cm³/mol. The number of hydrogen-bond donors (Lipinski definition) is 0. The minimum absolute atomic E-state index is 0.561. The van der Waals surface area contributed by atoms with Gasteiger partial charge >= 0.3 is 0 Å². The maximum absolute atomic E-state index is 5.81. The molecule has 0 amide bonds. The molecule has 0 bridgehead atoms. The van der Waals surface area contributed by atoms with Crippen molar-refractivity contribution in [2.75, 3.05) is 0 Å². The summed E-state index contributed by atoms with van der Waals surface area (Å²) < 4.78 is 2.22. The van der Waals surface area contributed by atoms with E-state index >= 15 is 0 Å². The molecule has 0 N–H and O–H groups in total. The van der Waals surface area contributed by atoms with E-state index in [0.717, 1.165) is 12.1 Å². The Morgan fingerprint density at radius 3 is 3.00 bits per heavy atom. The van der Waals surface area contributed by atoms with Crippen LogP contribution in [0.1, 0.15) is 19.8 Å². The fourth-order valence-corrected chi connectivity index (χ4v) is 1.73. The van der Waals surface area contributed by atoms with Crippen LogP contribution in [0.15, 0.2) is 24.4 Å². The lowest BCUT2D eigenvalue weighted by atomic mass is 10.3. The fourth-order valence-electron chi connectivity index (χ4n) is 1.57. The van der Waals surface area contributed by atoms with Crippen LogP contribution in [0.25, 0.3) is 11.0 Å². The van der Waals surface area contributed by atoms with E-state index in [4.69, 9.17) is 11.6 Å². The van der Waals surface area contributed by atoms with Crippen molar-refractivity contribution in [2.24, 2.45) is 0 Å². The van der Waals surface area contributed by atoms with E-state index in [1.807, 2.05) is 18.2 Å². The highest BCUT2D eigenvalue weighted by Gasteiger charge is 2.01. The summed E-state index contributed by atoms with van der Waals surface area (Å²) in [7, 11) is 0. The number of aromatic nitrogens is 2. The summed E-state index contributed by atoms with van der Waals surface area (Å²) in [6.45, 7) is 3.25. The molecule has 2 aromatic heterocycles. The zero-order valence-corrected chi connectivity index (χ0v) is 8.96. The fraction of sp³-hybridized carbons (Fsp3) is 0.364. The average molecular weight is 209 g/mol. The zero-order chi connectivity index (χ0) is 9.97. The summed E-state index contributed by atoms with van der Waals surface area (Å²) in [6, 6.07) is 5.88. The summed E-state index contributed by atoms with van der Waals surface area (Å²) >= 11 is 5.81. The van der Waals surface area contributed by atoms with Crippen molar-refractivity contribution >= 4 is 22.6 Å². The lowest BCUT2D eigenvalue weighted by Crippen LogP contribution is -1.95. The Hall–Kier alpha value is -1.02. The first-order valence-corrected chi connectivity index (χ1v) is 5.30. The first-order chi connectivity index (χ1) is 6.81. The molecular formula is C11H13ClN2. The van der Waals surface area contributed by atoms with Crippen LogP contribution in [-0.4, -0.2) is 9.55 Å². The number of pyridine rings is 1. The third-order valence-electron chi connectivity index (χ3n) is 2.34. The van der Waals surface area contributed by atoms with Crippen molar-refractivity contribution in [3.8, 4) is 0 Å². The van der Waals surface area contributed by atoms with Crippen LogP contribution in [0.2, 0.25) is 5.15 Å². The molecule has 0 spiro atoms. The summed E-state index contributed by atoms with van der Waals surface area (Å²) in [6.07, 6.45) is 4.48. The third kappa shape index (κ3) is 1.75. The highest BCUT2D eigenvalue weighted by molar-refractivity contribution is 6.29. The Morgan fingerprint density at radius 2 is 2.21 bits per heavy atom. The molecule has 14 heavy (non-hydrogen) atoms. The van der Waals surface area contributed by atoms with E-state index in [1.165, 1.54) is 18.4 Å². The first kappa shape index (κ1) is 9.53. The minimum Gasteiger partial charge on any atom is -0.346 e. The summed E-state index contributed by atoms with van der Waals surface area (Å²) in [4.78, 5) is 4.25. The second-order valence-corrected chi connectivity index (χ2v) is 3.79. The molecule has 0 aromatic carbocycles. The van der Waals surface area contributed by atoms with Crippen LogP contribution in [0.4, 0.5) is 0 Å². The standard InChI is InChI=1S/C11H13ClN2/c1-2-3-7-14-8-6-9-10(14)4-5-11(12)13-9/h4-6,8H,2-3,7H2,1H3. The van der Waals surface area contributed by atoms with E-state index in [9.17, 15) is 0 Å². The summed E-state index contributed by atoms with van der Waals surface area (Å²) in [5.74, 6) is 0. The number of unbranched alkanes of at least 4 members (excludes halogenated alkanes) is 1. The molecule has 0 radical (unpaired) electrons. The van der Waals surface area contributed by atoms with E-state index in [1.54, 1.807) is 0 Å². The third-order valence-corrected chi connectivity index (χ3v) is 2.55. The molecule has 0 fully saturated rings. The number of hydrogen-bond acceptors (Lipinski definition) is 1. The molecule has 0 atom stereocenters. The molecule has 3 heteroatoms. The topological polar surface area (TPSA) is 17.8 Å². The van der Waals surface area contributed by atoms with Crippen molar-refractivity contribution in [1.82, 2.24) is 9.55 Å². The van der Waals surface area contributed by atoms with Crippen molar-refractivity contribution in [2.45, 2.75) is 26.3 Å². The molecule has 2 aromatic rings. The average Bonchev–Trinajstić information content (AvgIpc) is 2.57. The minimum atomic E-state index is 0.561. The molecule has 0 aliphatic rings. The lowest BCUT2D eigenvalue weighted by Gasteiger charge is -2.02. The summed E-state index contributed by atoms with van der Waals surface area (Å²) in [5.41, 5.74) is 2.15. The molecule has 0 saturated carbocycles. The second kappa shape index (κ2) is 4.01. The second-order valence-electron chi connectivity index (χ2n) is 3.40. The van der Waals surface area contributed by atoms with Gasteiger partial charge in [-0.1, -0.05) is 24.9 Å². The lowest BCUT2D eigenvalue weighted by molar-refractivity contribution is 0.650. The highest BCUT2D eigenvalue weighted by atomic mass is 35.5. The van der Waals surface area contributed by atoms with Gasteiger partial charge in [0.1, 0.15) is 5.15 Å². The van der Waals surface area contributed by atoms with E-state index in [-0.39, 0.29) is 0 Å². The van der Waals surface area contributed by atoms with Crippen LogP contribution in [0, 0.1) is 0 Å². The Morgan fingerprint density at radius 1 is 1.36 bits per heavy atom. The molecule has 0 aliphatic carbocycles. The van der Waals surface area contributed by atoms with Gasteiger partial charge in [0.15, 0.2) is 0 Å². The molecule has 0 aliphatic heterocycles. The van der Waals surface area contributed by atoms with Crippen LogP contribution in [0.5, 0.6) is 0 Å². The van der Waals surface area contributed by atoms with E-state index in [0.29, 0.717) is 5.15 Å². The maximum atomic E-state index is 5.81. The molecule has 0 saturated heterocycles. The summed E-state index contributed by atoms with van der Waals surface area (Å²) in [5, 5.41) is 0.561. The van der Waals surface area contributed by atoms with Crippen LogP contribution < -0.4 is 0 Å². The Balaban J connectivity index is 2.37. The van der Waals surface area contributed by atoms with Crippen LogP contribution in [-0.2, 0) is 6.54 Å². The van der Waals surface area contributed by atoms with Crippen LogP contribution >= 0.6 is 11.6 Å². The van der Waals surface area contributed by atoms with Crippen molar-refractivity contribution in [1.29, 1.82) is 0 Å². The van der Waals surface area contributed by atoms with Crippen LogP contribution in [0.3, 0.4) is 0 Å². The molecule has 74 valence electrons. The Bertz CT molecular complexity index is 434. The smallest absolute Gasteiger partial charge is 0.129 e. The quantitative estimate of drug-likeness (QED) is 0.707. The van der Waals surface area contributed by atoms with Gasteiger partial charge in [0.05, 0.1) is 11.0 Å². The van der Waals surface area contributed by atoms with Gasteiger partial charge in [0, 0.05) is 12.7 Å². The predicted octanol–water partition coefficient (Wildman–Crippen LogP) is 3.49. The normalized spacial score (nSPS) is 11.0. The number of halogens is 1. The van der Waals surface area contributed by atoms with Gasteiger partial charge < -0.3 is 4.57 Å². The van der Waals surface area contributed by atoms with Gasteiger partial charge in [-0.15, -0.1) is 0 Å². The van der Waals surface area contributed by atoms with Crippen molar-refractivity contribution in [3.63, 3.8) is 0 Å². The number of nitrogens with zero attached hydrogens (tertiary/aromatic N) is 2. The number of aryl methyl sites for hydroxylation is 1. The van der Waals surface area contributed by atoms with Gasteiger partial charge in [0.25, 0.3) is 0 Å². The molecule has 2 heterocycles. The molecule has 0 unspecified atom stereocenters. The zero-order valence-electron chi connectivity index (χ0n) is 8.20. The number of rotatable bonds is 3. The van der Waals surface area contributed by atoms with Crippen molar-refractivity contribution in [3.05, 3.63) is 29.5 Å².